The van der Waals surface area contributed by atoms with E-state index in [1.165, 1.54) is 11.1 Å². The van der Waals surface area contributed by atoms with Crippen LogP contribution >= 0.6 is 0 Å². The van der Waals surface area contributed by atoms with Crippen molar-refractivity contribution < 1.29 is 18.7 Å². The molecule has 0 aliphatic carbocycles. The number of hydrogen-bond acceptors (Lipinski definition) is 6. The zero-order chi connectivity index (χ0) is 23.4. The van der Waals surface area contributed by atoms with Crippen molar-refractivity contribution in [3.05, 3.63) is 89.7 Å². The molecule has 0 radical (unpaired) electrons. The summed E-state index contributed by atoms with van der Waals surface area (Å²) >= 11 is 0. The molecule has 2 aromatic carbocycles. The van der Waals surface area contributed by atoms with Crippen LogP contribution in [0.2, 0.25) is 0 Å². The number of hydrogen-bond donors (Lipinski definition) is 1. The van der Waals surface area contributed by atoms with Crippen LogP contribution in [0.5, 0.6) is 5.75 Å². The molecule has 7 heteroatoms. The van der Waals surface area contributed by atoms with Gasteiger partial charge in [-0.25, -0.2) is 0 Å². The fourth-order valence-electron chi connectivity index (χ4n) is 4.03. The molecule has 0 aliphatic heterocycles. The molecule has 0 saturated carbocycles. The Kier molecular flexibility index (Phi) is 6.31. The molecule has 7 nitrogen and oxygen atoms in total. The van der Waals surface area contributed by atoms with E-state index in [-0.39, 0.29) is 17.3 Å². The summed E-state index contributed by atoms with van der Waals surface area (Å²) < 4.78 is 13.0. The largest absolute Gasteiger partial charge is 0.482 e. The van der Waals surface area contributed by atoms with Crippen LogP contribution in [0.1, 0.15) is 43.5 Å². The van der Waals surface area contributed by atoms with E-state index in [0.29, 0.717) is 12.5 Å². The Bertz CT molecular complexity index is 1200. The van der Waals surface area contributed by atoms with Gasteiger partial charge in [-0.15, -0.1) is 5.10 Å². The van der Waals surface area contributed by atoms with E-state index in [9.17, 15) is 0 Å². The molecule has 1 atom stereocenters. The van der Waals surface area contributed by atoms with E-state index >= 15 is 0 Å². The zero-order valence-electron chi connectivity index (χ0n) is 19.4. The molecule has 0 saturated heterocycles. The zero-order valence-corrected chi connectivity index (χ0v) is 19.4. The van der Waals surface area contributed by atoms with Gasteiger partial charge in [0.15, 0.2) is 6.61 Å². The Balaban J connectivity index is 1.53. The van der Waals surface area contributed by atoms with Crippen LogP contribution < -0.4 is 20.0 Å². The van der Waals surface area contributed by atoms with Gasteiger partial charge in [0, 0.05) is 28.3 Å². The van der Waals surface area contributed by atoms with Crippen molar-refractivity contribution in [3.63, 3.8) is 0 Å². The van der Waals surface area contributed by atoms with E-state index in [1.807, 2.05) is 48.7 Å². The molecule has 0 aliphatic rings. The minimum Gasteiger partial charge on any atom is -0.482 e. The monoisotopic (exact) mass is 445 g/mol. The second-order valence-electron chi connectivity index (χ2n) is 8.92. The molecule has 4 rings (SSSR count). The van der Waals surface area contributed by atoms with Gasteiger partial charge in [0.05, 0.1) is 0 Å². The smallest absolute Gasteiger partial charge is 0.313 e. The van der Waals surface area contributed by atoms with Gasteiger partial charge in [0.2, 0.25) is 12.1 Å². The second-order valence-corrected chi connectivity index (χ2v) is 8.92. The van der Waals surface area contributed by atoms with Gasteiger partial charge in [-0.2, -0.15) is 0 Å². The number of nitrogens with zero attached hydrogens (tertiary/aromatic N) is 3. The summed E-state index contributed by atoms with van der Waals surface area (Å²) in [4.78, 5) is 5.33. The van der Waals surface area contributed by atoms with Crippen LogP contribution in [0.4, 0.5) is 6.01 Å². The Labute approximate surface area is 193 Å². The van der Waals surface area contributed by atoms with Gasteiger partial charge in [-0.1, -0.05) is 50.1 Å². The van der Waals surface area contributed by atoms with Crippen LogP contribution in [0.3, 0.4) is 0 Å². The van der Waals surface area contributed by atoms with Gasteiger partial charge in [-0.3, -0.25) is 4.84 Å². The molecular weight excluding hydrogens is 416 g/mol. The molecule has 33 heavy (non-hydrogen) atoms. The first-order valence-electron chi connectivity index (χ1n) is 10.8. The Morgan fingerprint density at radius 2 is 1.61 bits per heavy atom. The molecule has 2 N–H and O–H groups in total. The summed E-state index contributed by atoms with van der Waals surface area (Å²) in [5, 5.41) is 7.69. The van der Waals surface area contributed by atoms with Crippen molar-refractivity contribution in [1.29, 1.82) is 0 Å². The van der Waals surface area contributed by atoms with Crippen molar-refractivity contribution in [2.45, 2.75) is 33.3 Å². The quantitative estimate of drug-likeness (QED) is 0.424. The number of ether oxygens (including phenoxy) is 1. The van der Waals surface area contributed by atoms with Crippen molar-refractivity contribution >= 4 is 6.01 Å². The third-order valence-electron chi connectivity index (χ3n) is 5.50. The molecule has 0 fully saturated rings. The number of aromatic nitrogens is 3. The Hall–Kier alpha value is -3.87. The number of anilines is 1. The lowest BCUT2D eigenvalue weighted by Crippen LogP contribution is -2.44. The average molecular weight is 446 g/mol. The molecule has 0 spiro atoms. The predicted molar refractivity (Wildman–Crippen MR) is 125 cm³/mol. The normalized spacial score (nSPS) is 12.4. The fourth-order valence-corrected chi connectivity index (χ4v) is 4.03. The molecule has 1 unspecified atom stereocenters. The van der Waals surface area contributed by atoms with Crippen molar-refractivity contribution in [2.24, 2.45) is 5.41 Å². The molecule has 2 aromatic heterocycles. The van der Waals surface area contributed by atoms with Crippen LogP contribution in [0.15, 0.2) is 77.3 Å². The summed E-state index contributed by atoms with van der Waals surface area (Å²) in [6.07, 6.45) is 1.86. The van der Waals surface area contributed by atoms with Crippen molar-refractivity contribution in [1.82, 2.24) is 10.2 Å². The molecule has 2 heterocycles. The van der Waals surface area contributed by atoms with E-state index in [0.717, 1.165) is 17.0 Å². The highest BCUT2D eigenvalue weighted by Gasteiger charge is 2.28. The van der Waals surface area contributed by atoms with E-state index in [1.54, 1.807) is 11.8 Å². The molecular formula is C26H29N4O3+. The van der Waals surface area contributed by atoms with Crippen molar-refractivity contribution in [3.8, 4) is 17.2 Å². The number of pyridine rings is 1. The predicted octanol–water partition coefficient (Wildman–Crippen LogP) is 4.42. The maximum atomic E-state index is 5.99. The van der Waals surface area contributed by atoms with Crippen LogP contribution in [0.25, 0.3) is 11.5 Å². The third-order valence-corrected chi connectivity index (χ3v) is 5.50. The highest BCUT2D eigenvalue weighted by molar-refractivity contribution is 5.54. The van der Waals surface area contributed by atoms with E-state index < -0.39 is 0 Å². The summed E-state index contributed by atoms with van der Waals surface area (Å²) in [6, 6.07) is 22.4. The summed E-state index contributed by atoms with van der Waals surface area (Å²) in [7, 11) is 1.63. The first-order chi connectivity index (χ1) is 15.8. The lowest BCUT2D eigenvalue weighted by Gasteiger charge is -2.32. The van der Waals surface area contributed by atoms with Gasteiger partial charge in [0.25, 0.3) is 5.69 Å². The first-order valence-corrected chi connectivity index (χ1v) is 10.8. The first kappa shape index (κ1) is 22.3. The van der Waals surface area contributed by atoms with Crippen LogP contribution in [0, 0.1) is 5.41 Å². The highest BCUT2D eigenvalue weighted by Crippen LogP contribution is 2.41. The summed E-state index contributed by atoms with van der Waals surface area (Å²) in [6.45, 7) is 7.15. The Morgan fingerprint density at radius 1 is 0.939 bits per heavy atom. The SMILES string of the molecule is CO[n+]1ccccc1COc1ccc(C(c2ccc(-c3nnc(N)o3)cc2)C(C)(C)C)cc1. The van der Waals surface area contributed by atoms with Gasteiger partial charge in [-0.05, 0) is 46.9 Å². The van der Waals surface area contributed by atoms with Crippen molar-refractivity contribution in [2.75, 3.05) is 12.8 Å². The standard InChI is InChI=1S/C26H29N4O3/c1-26(2,3)23(18-8-10-20(11-9-18)24-28-29-25(27)33-24)19-12-14-22(15-13-19)32-17-21-7-5-6-16-30(21)31-4/h5-16,23H,17H2,1-4H3,(H2,27,29)/q+1. The molecule has 0 bridgehead atoms. The minimum atomic E-state index is 0.00680. The lowest BCUT2D eigenvalue weighted by molar-refractivity contribution is -0.891. The van der Waals surface area contributed by atoms with Gasteiger partial charge < -0.3 is 14.9 Å². The molecule has 4 aromatic rings. The summed E-state index contributed by atoms with van der Waals surface area (Å²) in [5.41, 5.74) is 9.75. The molecule has 170 valence electrons. The van der Waals surface area contributed by atoms with Gasteiger partial charge >= 0.3 is 6.01 Å². The number of nitrogens with two attached hydrogens (primary N) is 1. The summed E-state index contributed by atoms with van der Waals surface area (Å²) in [5.74, 6) is 1.42. The van der Waals surface area contributed by atoms with Gasteiger partial charge in [0.1, 0.15) is 12.9 Å². The third kappa shape index (κ3) is 5.14. The maximum absolute atomic E-state index is 5.99. The number of rotatable bonds is 7. The van der Waals surface area contributed by atoms with E-state index in [2.05, 4.69) is 55.2 Å². The second kappa shape index (κ2) is 9.32. The lowest BCUT2D eigenvalue weighted by atomic mass is 9.72. The topological polar surface area (TPSA) is 87.3 Å². The highest BCUT2D eigenvalue weighted by atomic mass is 16.6. The van der Waals surface area contributed by atoms with Crippen LogP contribution in [-0.2, 0) is 6.61 Å². The maximum Gasteiger partial charge on any atom is 0.313 e. The number of benzene rings is 2. The Morgan fingerprint density at radius 3 is 2.18 bits per heavy atom. The van der Waals surface area contributed by atoms with E-state index in [4.69, 9.17) is 19.7 Å². The minimum absolute atomic E-state index is 0.00680. The molecule has 0 amide bonds. The average Bonchev–Trinajstić information content (AvgIpc) is 3.24. The fraction of sp³-hybridized carbons (Fsp3) is 0.269. The number of nitrogen functional groups attached to an aromatic ring is 1. The van der Waals surface area contributed by atoms with Crippen LogP contribution in [-0.4, -0.2) is 17.3 Å².